The highest BCUT2D eigenvalue weighted by Crippen LogP contribution is 2.27. The molecule has 1 heterocycles. The number of nitro groups is 2. The number of nitro benzene ring substituents is 1. The first-order valence-electron chi connectivity index (χ1n) is 5.60. The van der Waals surface area contributed by atoms with Gasteiger partial charge in [0.25, 0.3) is 11.4 Å². The molecule has 0 aliphatic carbocycles. The van der Waals surface area contributed by atoms with Crippen molar-refractivity contribution in [3.8, 4) is 11.3 Å². The number of hydrogen-bond donors (Lipinski definition) is 1. The maximum Gasteiger partial charge on any atom is 0.275 e. The summed E-state index contributed by atoms with van der Waals surface area (Å²) in [5.74, 6) is 0.320. The SMILES string of the molecule is CNc1cc([N+](=O)[O-])cc(-c2cccc([N+](=O)[O-])c2)n1. The van der Waals surface area contributed by atoms with E-state index in [1.807, 2.05) is 0 Å². The third-order valence-corrected chi connectivity index (χ3v) is 2.63. The minimum absolute atomic E-state index is 0.0955. The van der Waals surface area contributed by atoms with Gasteiger partial charge in [-0.05, 0) is 0 Å². The highest BCUT2D eigenvalue weighted by molar-refractivity contribution is 5.67. The van der Waals surface area contributed by atoms with Crippen LogP contribution in [0.15, 0.2) is 36.4 Å². The first-order chi connectivity index (χ1) is 9.51. The van der Waals surface area contributed by atoms with E-state index in [1.54, 1.807) is 13.1 Å². The normalized spacial score (nSPS) is 10.1. The zero-order valence-corrected chi connectivity index (χ0v) is 10.4. The summed E-state index contributed by atoms with van der Waals surface area (Å²) >= 11 is 0. The van der Waals surface area contributed by atoms with Crippen molar-refractivity contribution in [2.24, 2.45) is 0 Å². The van der Waals surface area contributed by atoms with Crippen molar-refractivity contribution in [3.63, 3.8) is 0 Å². The summed E-state index contributed by atoms with van der Waals surface area (Å²) in [5, 5.41) is 24.3. The maximum atomic E-state index is 10.9. The lowest BCUT2D eigenvalue weighted by Crippen LogP contribution is -1.98. The Bertz CT molecular complexity index is 687. The van der Waals surface area contributed by atoms with Gasteiger partial charge in [0.15, 0.2) is 0 Å². The molecule has 0 amide bonds. The van der Waals surface area contributed by atoms with E-state index in [-0.39, 0.29) is 11.4 Å². The molecule has 2 aromatic rings. The Labute approximate surface area is 113 Å². The van der Waals surface area contributed by atoms with E-state index in [0.29, 0.717) is 17.1 Å². The molecule has 102 valence electrons. The van der Waals surface area contributed by atoms with Crippen LogP contribution >= 0.6 is 0 Å². The molecular weight excluding hydrogens is 264 g/mol. The first-order valence-corrected chi connectivity index (χ1v) is 5.60. The van der Waals surface area contributed by atoms with Crippen molar-refractivity contribution >= 4 is 17.2 Å². The topological polar surface area (TPSA) is 111 Å². The molecular formula is C12H10N4O4. The third-order valence-electron chi connectivity index (χ3n) is 2.63. The number of anilines is 1. The summed E-state index contributed by atoms with van der Waals surface area (Å²) in [7, 11) is 1.59. The zero-order valence-electron chi connectivity index (χ0n) is 10.4. The van der Waals surface area contributed by atoms with Gasteiger partial charge >= 0.3 is 0 Å². The Morgan fingerprint density at radius 1 is 1.05 bits per heavy atom. The molecule has 20 heavy (non-hydrogen) atoms. The summed E-state index contributed by atoms with van der Waals surface area (Å²) in [5.41, 5.74) is 0.513. The Balaban J connectivity index is 2.56. The molecule has 0 unspecified atom stereocenters. The van der Waals surface area contributed by atoms with Gasteiger partial charge in [0.05, 0.1) is 21.6 Å². The van der Waals surface area contributed by atoms with E-state index >= 15 is 0 Å². The summed E-state index contributed by atoms with van der Waals surface area (Å²) in [4.78, 5) is 24.7. The molecule has 0 aliphatic heterocycles. The largest absolute Gasteiger partial charge is 0.373 e. The van der Waals surface area contributed by atoms with Crippen LogP contribution < -0.4 is 5.32 Å². The van der Waals surface area contributed by atoms with Gasteiger partial charge < -0.3 is 5.32 Å². The van der Waals surface area contributed by atoms with Gasteiger partial charge in [-0.25, -0.2) is 4.98 Å². The maximum absolute atomic E-state index is 10.9. The Morgan fingerprint density at radius 2 is 1.75 bits per heavy atom. The molecule has 0 spiro atoms. The second-order valence-corrected chi connectivity index (χ2v) is 3.91. The number of nitrogens with zero attached hydrogens (tertiary/aromatic N) is 3. The average molecular weight is 274 g/mol. The number of nitrogens with one attached hydrogen (secondary N) is 1. The van der Waals surface area contributed by atoms with Crippen LogP contribution in [0.1, 0.15) is 0 Å². The lowest BCUT2D eigenvalue weighted by molar-refractivity contribution is -0.385. The minimum atomic E-state index is -0.538. The fourth-order valence-electron chi connectivity index (χ4n) is 1.68. The highest BCUT2D eigenvalue weighted by Gasteiger charge is 2.14. The lowest BCUT2D eigenvalue weighted by Gasteiger charge is -2.04. The molecule has 1 aromatic carbocycles. The molecule has 0 saturated heterocycles. The van der Waals surface area contributed by atoms with Crippen LogP contribution in [-0.2, 0) is 0 Å². The Kier molecular flexibility index (Phi) is 3.56. The monoisotopic (exact) mass is 274 g/mol. The van der Waals surface area contributed by atoms with Crippen LogP contribution in [0, 0.1) is 20.2 Å². The number of hydrogen-bond acceptors (Lipinski definition) is 6. The Morgan fingerprint density at radius 3 is 2.35 bits per heavy atom. The Hall–Kier alpha value is -3.03. The van der Waals surface area contributed by atoms with Crippen LogP contribution in [0.2, 0.25) is 0 Å². The van der Waals surface area contributed by atoms with Gasteiger partial charge in [-0.15, -0.1) is 0 Å². The second kappa shape index (κ2) is 5.31. The van der Waals surface area contributed by atoms with Crippen molar-refractivity contribution in [3.05, 3.63) is 56.6 Å². The van der Waals surface area contributed by atoms with Crippen LogP contribution in [0.3, 0.4) is 0 Å². The van der Waals surface area contributed by atoms with Crippen molar-refractivity contribution in [1.82, 2.24) is 4.98 Å². The zero-order chi connectivity index (χ0) is 14.7. The highest BCUT2D eigenvalue weighted by atomic mass is 16.6. The molecule has 1 aromatic heterocycles. The van der Waals surface area contributed by atoms with Gasteiger partial charge in [-0.3, -0.25) is 20.2 Å². The quantitative estimate of drug-likeness (QED) is 0.677. The van der Waals surface area contributed by atoms with Crippen molar-refractivity contribution in [2.45, 2.75) is 0 Å². The van der Waals surface area contributed by atoms with E-state index in [1.165, 1.54) is 30.3 Å². The smallest absolute Gasteiger partial charge is 0.275 e. The number of pyridine rings is 1. The average Bonchev–Trinajstić information content (AvgIpc) is 2.46. The van der Waals surface area contributed by atoms with Gasteiger partial charge in [0, 0.05) is 30.8 Å². The van der Waals surface area contributed by atoms with Crippen LogP contribution in [-0.4, -0.2) is 21.9 Å². The number of rotatable bonds is 4. The molecule has 0 saturated carbocycles. The van der Waals surface area contributed by atoms with E-state index < -0.39 is 9.85 Å². The number of aromatic nitrogens is 1. The summed E-state index contributed by atoms with van der Waals surface area (Å²) in [6.45, 7) is 0. The summed E-state index contributed by atoms with van der Waals surface area (Å²) in [6, 6.07) is 8.36. The number of non-ortho nitro benzene ring substituents is 1. The van der Waals surface area contributed by atoms with Gasteiger partial charge in [-0.2, -0.15) is 0 Å². The van der Waals surface area contributed by atoms with Crippen molar-refractivity contribution < 1.29 is 9.85 Å². The molecule has 8 heteroatoms. The molecule has 2 rings (SSSR count). The van der Waals surface area contributed by atoms with E-state index in [2.05, 4.69) is 10.3 Å². The van der Waals surface area contributed by atoms with Crippen molar-refractivity contribution in [2.75, 3.05) is 12.4 Å². The second-order valence-electron chi connectivity index (χ2n) is 3.91. The van der Waals surface area contributed by atoms with E-state index in [4.69, 9.17) is 0 Å². The summed E-state index contributed by atoms with van der Waals surface area (Å²) < 4.78 is 0. The molecule has 0 radical (unpaired) electrons. The van der Waals surface area contributed by atoms with E-state index in [0.717, 1.165) is 0 Å². The molecule has 0 fully saturated rings. The predicted molar refractivity (Wildman–Crippen MR) is 72.5 cm³/mol. The van der Waals surface area contributed by atoms with Crippen LogP contribution in [0.4, 0.5) is 17.2 Å². The first kappa shape index (κ1) is 13.4. The summed E-state index contributed by atoms with van der Waals surface area (Å²) in [6.07, 6.45) is 0. The predicted octanol–water partition coefficient (Wildman–Crippen LogP) is 2.61. The van der Waals surface area contributed by atoms with Gasteiger partial charge in [-0.1, -0.05) is 12.1 Å². The van der Waals surface area contributed by atoms with E-state index in [9.17, 15) is 20.2 Å². The molecule has 8 nitrogen and oxygen atoms in total. The fraction of sp³-hybridized carbons (Fsp3) is 0.0833. The van der Waals surface area contributed by atoms with Gasteiger partial charge in [0.1, 0.15) is 5.82 Å². The van der Waals surface area contributed by atoms with Crippen LogP contribution in [0.25, 0.3) is 11.3 Å². The standard InChI is InChI=1S/C12H10N4O4/c1-13-12-7-10(16(19)20)6-11(14-12)8-3-2-4-9(5-8)15(17)18/h2-7H,1H3,(H,13,14). The fourth-order valence-corrected chi connectivity index (χ4v) is 1.68. The molecule has 0 aliphatic rings. The minimum Gasteiger partial charge on any atom is -0.373 e. The third kappa shape index (κ3) is 2.69. The van der Waals surface area contributed by atoms with Crippen LogP contribution in [0.5, 0.6) is 0 Å². The lowest BCUT2D eigenvalue weighted by atomic mass is 10.1. The number of benzene rings is 1. The molecule has 0 bridgehead atoms. The van der Waals surface area contributed by atoms with Crippen molar-refractivity contribution in [1.29, 1.82) is 0 Å². The van der Waals surface area contributed by atoms with Gasteiger partial charge in [0.2, 0.25) is 0 Å². The molecule has 1 N–H and O–H groups in total. The molecule has 0 atom stereocenters.